The third kappa shape index (κ3) is 2.20. The molecule has 0 aromatic heterocycles. The van der Waals surface area contributed by atoms with E-state index >= 15 is 0 Å². The smallest absolute Gasteiger partial charge is 0.0282 e. The highest BCUT2D eigenvalue weighted by molar-refractivity contribution is 5.00. The summed E-state index contributed by atoms with van der Waals surface area (Å²) in [5.41, 5.74) is 6.15. The summed E-state index contributed by atoms with van der Waals surface area (Å²) in [6, 6.07) is 0. The monoisotopic (exact) mass is 168 g/mol. The van der Waals surface area contributed by atoms with Crippen LogP contribution < -0.4 is 11.1 Å². The second-order valence-corrected chi connectivity index (χ2v) is 4.81. The van der Waals surface area contributed by atoms with Crippen LogP contribution in [0.3, 0.4) is 0 Å². The van der Waals surface area contributed by atoms with Crippen LogP contribution in [-0.4, -0.2) is 18.6 Å². The molecule has 0 radical (unpaired) electrons. The maximum absolute atomic E-state index is 5.96. The topological polar surface area (TPSA) is 38.0 Å². The lowest BCUT2D eigenvalue weighted by Crippen LogP contribution is -2.37. The van der Waals surface area contributed by atoms with Gasteiger partial charge in [0.1, 0.15) is 0 Å². The van der Waals surface area contributed by atoms with Gasteiger partial charge in [-0.3, -0.25) is 0 Å². The molecule has 0 bridgehead atoms. The molecule has 0 aromatic rings. The van der Waals surface area contributed by atoms with Crippen LogP contribution in [0.15, 0.2) is 0 Å². The van der Waals surface area contributed by atoms with Crippen LogP contribution in [0, 0.1) is 11.8 Å². The van der Waals surface area contributed by atoms with Crippen molar-refractivity contribution in [3.8, 4) is 0 Å². The van der Waals surface area contributed by atoms with Crippen LogP contribution in [-0.2, 0) is 0 Å². The largest absolute Gasteiger partial charge is 0.324 e. The van der Waals surface area contributed by atoms with Gasteiger partial charge in [-0.05, 0) is 44.1 Å². The lowest BCUT2D eigenvalue weighted by atomic mass is 10.1. The van der Waals surface area contributed by atoms with E-state index in [1.54, 1.807) is 0 Å². The molecule has 2 heteroatoms. The van der Waals surface area contributed by atoms with E-state index in [0.717, 1.165) is 18.4 Å². The van der Waals surface area contributed by atoms with E-state index < -0.39 is 0 Å². The number of nitrogens with one attached hydrogen (secondary N) is 1. The van der Waals surface area contributed by atoms with Crippen LogP contribution in [0.2, 0.25) is 0 Å². The molecule has 2 rings (SSSR count). The first-order chi connectivity index (χ1) is 5.70. The third-order valence-corrected chi connectivity index (χ3v) is 3.26. The van der Waals surface area contributed by atoms with Crippen molar-refractivity contribution < 1.29 is 0 Å². The van der Waals surface area contributed by atoms with Gasteiger partial charge in [-0.2, -0.15) is 0 Å². The zero-order chi connectivity index (χ0) is 8.60. The molecule has 2 saturated carbocycles. The zero-order valence-electron chi connectivity index (χ0n) is 7.97. The fourth-order valence-corrected chi connectivity index (χ4v) is 1.72. The Morgan fingerprint density at radius 1 is 1.50 bits per heavy atom. The molecular weight excluding hydrogens is 148 g/mol. The van der Waals surface area contributed by atoms with Gasteiger partial charge in [0.05, 0.1) is 0 Å². The van der Waals surface area contributed by atoms with Crippen molar-refractivity contribution in [1.82, 2.24) is 5.32 Å². The van der Waals surface area contributed by atoms with Gasteiger partial charge < -0.3 is 11.1 Å². The van der Waals surface area contributed by atoms with Crippen molar-refractivity contribution in [2.45, 2.75) is 38.1 Å². The summed E-state index contributed by atoms with van der Waals surface area (Å²) in [6.45, 7) is 4.55. The molecule has 70 valence electrons. The number of hydrogen-bond acceptors (Lipinski definition) is 2. The summed E-state index contributed by atoms with van der Waals surface area (Å²) >= 11 is 0. The van der Waals surface area contributed by atoms with Gasteiger partial charge in [0.15, 0.2) is 0 Å². The summed E-state index contributed by atoms with van der Waals surface area (Å²) < 4.78 is 0. The van der Waals surface area contributed by atoms with Crippen molar-refractivity contribution in [3.63, 3.8) is 0 Å². The Morgan fingerprint density at radius 2 is 2.17 bits per heavy atom. The minimum absolute atomic E-state index is 0.184. The van der Waals surface area contributed by atoms with Crippen molar-refractivity contribution in [2.75, 3.05) is 13.1 Å². The summed E-state index contributed by atoms with van der Waals surface area (Å²) in [7, 11) is 0. The average molecular weight is 168 g/mol. The third-order valence-electron chi connectivity index (χ3n) is 3.26. The summed E-state index contributed by atoms with van der Waals surface area (Å²) in [5.74, 6) is 1.89. The number of hydrogen-bond donors (Lipinski definition) is 2. The number of rotatable bonds is 5. The molecule has 1 unspecified atom stereocenters. The lowest BCUT2D eigenvalue weighted by molar-refractivity contribution is 0.444. The second-order valence-electron chi connectivity index (χ2n) is 4.81. The predicted molar refractivity (Wildman–Crippen MR) is 50.9 cm³/mol. The Kier molecular flexibility index (Phi) is 2.13. The fourth-order valence-electron chi connectivity index (χ4n) is 1.72. The Labute approximate surface area is 74.9 Å². The molecule has 0 saturated heterocycles. The molecule has 0 spiro atoms. The normalized spacial score (nSPS) is 28.5. The van der Waals surface area contributed by atoms with Crippen molar-refractivity contribution in [3.05, 3.63) is 0 Å². The van der Waals surface area contributed by atoms with E-state index in [1.807, 2.05) is 0 Å². The Bertz CT molecular complexity index is 159. The molecule has 3 N–H and O–H groups in total. The molecule has 2 aliphatic rings. The molecule has 0 heterocycles. The van der Waals surface area contributed by atoms with E-state index in [9.17, 15) is 0 Å². The van der Waals surface area contributed by atoms with E-state index in [0.29, 0.717) is 0 Å². The van der Waals surface area contributed by atoms with Crippen molar-refractivity contribution in [2.24, 2.45) is 17.6 Å². The minimum atomic E-state index is 0.184. The van der Waals surface area contributed by atoms with E-state index in [2.05, 4.69) is 12.2 Å². The second kappa shape index (κ2) is 3.00. The maximum Gasteiger partial charge on any atom is 0.0282 e. The lowest BCUT2D eigenvalue weighted by Gasteiger charge is -2.14. The Hall–Kier alpha value is -0.0800. The zero-order valence-corrected chi connectivity index (χ0v) is 7.97. The molecule has 1 atom stereocenters. The van der Waals surface area contributed by atoms with Crippen LogP contribution in [0.5, 0.6) is 0 Å². The van der Waals surface area contributed by atoms with E-state index in [1.165, 1.54) is 32.2 Å². The predicted octanol–water partition coefficient (Wildman–Crippen LogP) is 1.11. The van der Waals surface area contributed by atoms with Crippen LogP contribution >= 0.6 is 0 Å². The first kappa shape index (κ1) is 8.52. The number of nitrogens with two attached hydrogens (primary N) is 1. The SMILES string of the molecule is CC(CNCC1(N)CC1)C1CC1. The van der Waals surface area contributed by atoms with Gasteiger partial charge in [0, 0.05) is 12.1 Å². The van der Waals surface area contributed by atoms with Gasteiger partial charge in [-0.15, -0.1) is 0 Å². The fraction of sp³-hybridized carbons (Fsp3) is 1.00. The highest BCUT2D eigenvalue weighted by Crippen LogP contribution is 2.36. The molecule has 2 aliphatic carbocycles. The van der Waals surface area contributed by atoms with Crippen LogP contribution in [0.1, 0.15) is 32.6 Å². The molecule has 2 nitrogen and oxygen atoms in total. The van der Waals surface area contributed by atoms with Gasteiger partial charge in [0.25, 0.3) is 0 Å². The Balaban J connectivity index is 1.55. The highest BCUT2D eigenvalue weighted by atomic mass is 15.0. The van der Waals surface area contributed by atoms with Crippen LogP contribution in [0.4, 0.5) is 0 Å². The van der Waals surface area contributed by atoms with E-state index in [-0.39, 0.29) is 5.54 Å². The molecular formula is C10H20N2. The summed E-state index contributed by atoms with van der Waals surface area (Å²) in [5, 5.41) is 3.48. The van der Waals surface area contributed by atoms with Gasteiger partial charge in [-0.25, -0.2) is 0 Å². The van der Waals surface area contributed by atoms with Gasteiger partial charge in [-0.1, -0.05) is 6.92 Å². The summed E-state index contributed by atoms with van der Waals surface area (Å²) in [4.78, 5) is 0. The molecule has 2 fully saturated rings. The molecule has 0 aliphatic heterocycles. The van der Waals surface area contributed by atoms with Crippen LogP contribution in [0.25, 0.3) is 0 Å². The minimum Gasteiger partial charge on any atom is -0.324 e. The standard InChI is InChI=1S/C10H20N2/c1-8(9-2-3-9)6-12-7-10(11)4-5-10/h8-9,12H,2-7,11H2,1H3. The highest BCUT2D eigenvalue weighted by Gasteiger charge is 2.37. The van der Waals surface area contributed by atoms with Gasteiger partial charge >= 0.3 is 0 Å². The molecule has 12 heavy (non-hydrogen) atoms. The van der Waals surface area contributed by atoms with Gasteiger partial charge in [0.2, 0.25) is 0 Å². The quantitative estimate of drug-likeness (QED) is 0.645. The first-order valence-electron chi connectivity index (χ1n) is 5.19. The molecule has 0 amide bonds. The first-order valence-corrected chi connectivity index (χ1v) is 5.19. The Morgan fingerprint density at radius 3 is 2.67 bits per heavy atom. The van der Waals surface area contributed by atoms with E-state index in [4.69, 9.17) is 5.73 Å². The van der Waals surface area contributed by atoms with Crippen molar-refractivity contribution in [1.29, 1.82) is 0 Å². The van der Waals surface area contributed by atoms with Crippen molar-refractivity contribution >= 4 is 0 Å². The maximum atomic E-state index is 5.96. The summed E-state index contributed by atoms with van der Waals surface area (Å²) in [6.07, 6.45) is 5.35. The average Bonchev–Trinajstić information content (AvgIpc) is 2.82. The molecule has 0 aromatic carbocycles.